The minimum Gasteiger partial charge on any atom is -0.493 e. The lowest BCUT2D eigenvalue weighted by Gasteiger charge is -2.61. The first-order valence-corrected chi connectivity index (χ1v) is 20.5. The van der Waals surface area contributed by atoms with Gasteiger partial charge in [-0.05, 0) is 158 Å². The molecule has 0 aromatic heterocycles. The Labute approximate surface area is 300 Å². The first-order valence-electron chi connectivity index (χ1n) is 19.4. The molecule has 4 heteroatoms. The number of hydrogen-bond donors (Lipinski definition) is 0. The van der Waals surface area contributed by atoms with Crippen LogP contribution in [-0.2, 0) is 0 Å². The number of hydrogen-bond acceptors (Lipinski definition) is 3. The van der Waals surface area contributed by atoms with E-state index < -0.39 is 0 Å². The normalized spacial score (nSPS) is 33.6. The summed E-state index contributed by atoms with van der Waals surface area (Å²) >= 11 is 3.38. The molecule has 0 saturated heterocycles. The summed E-state index contributed by atoms with van der Waals surface area (Å²) in [5.74, 6) is 7.93. The van der Waals surface area contributed by atoms with E-state index in [1.165, 1.54) is 70.6 Å². The lowest BCUT2D eigenvalue weighted by Crippen LogP contribution is -2.54. The van der Waals surface area contributed by atoms with Crippen LogP contribution in [0.15, 0.2) is 54.6 Å². The highest BCUT2D eigenvalue weighted by Crippen LogP contribution is 2.68. The van der Waals surface area contributed by atoms with Crippen LogP contribution >= 0.6 is 15.9 Å². The molecule has 0 bridgehead atoms. The number of alkyl halides is 1. The number of halogens is 1. The van der Waals surface area contributed by atoms with E-state index in [9.17, 15) is 4.79 Å². The third-order valence-corrected chi connectivity index (χ3v) is 14.2. The van der Waals surface area contributed by atoms with E-state index in [1.54, 1.807) is 6.08 Å². The minimum absolute atomic E-state index is 0.00380. The van der Waals surface area contributed by atoms with Gasteiger partial charge in [0.25, 0.3) is 0 Å². The lowest BCUT2D eigenvalue weighted by molar-refractivity contribution is -0.126. The molecule has 2 aromatic carbocycles. The second-order valence-corrected chi connectivity index (χ2v) is 17.8. The topological polar surface area (TPSA) is 35.5 Å². The summed E-state index contributed by atoms with van der Waals surface area (Å²) in [6.07, 6.45) is 20.3. The molecule has 262 valence electrons. The molecule has 0 spiro atoms. The van der Waals surface area contributed by atoms with E-state index in [1.807, 2.05) is 54.6 Å². The molecule has 0 heterocycles. The van der Waals surface area contributed by atoms with Crippen molar-refractivity contribution in [3.8, 4) is 11.5 Å². The van der Waals surface area contributed by atoms with Crippen LogP contribution in [0.1, 0.15) is 128 Å². The van der Waals surface area contributed by atoms with Crippen LogP contribution in [0.3, 0.4) is 0 Å². The van der Waals surface area contributed by atoms with E-state index >= 15 is 0 Å². The average Bonchev–Trinajstić information content (AvgIpc) is 3.44. The van der Waals surface area contributed by atoms with Crippen LogP contribution in [0.25, 0.3) is 6.08 Å². The van der Waals surface area contributed by atoms with Crippen molar-refractivity contribution in [1.29, 1.82) is 0 Å². The molecule has 0 radical (unpaired) electrons. The minimum atomic E-state index is 0.00380. The summed E-state index contributed by atoms with van der Waals surface area (Å²) in [6.45, 7) is 13.4. The van der Waals surface area contributed by atoms with E-state index in [2.05, 4.69) is 50.5 Å². The second-order valence-electron chi connectivity index (χ2n) is 17.0. The summed E-state index contributed by atoms with van der Waals surface area (Å²) in [4.78, 5) is 12.9. The third kappa shape index (κ3) is 7.64. The molecule has 4 saturated carbocycles. The van der Waals surface area contributed by atoms with Crippen molar-refractivity contribution in [3.63, 3.8) is 0 Å². The quantitative estimate of drug-likeness (QED) is 0.118. The molecule has 4 aliphatic carbocycles. The van der Waals surface area contributed by atoms with Crippen molar-refractivity contribution in [2.45, 2.75) is 118 Å². The van der Waals surface area contributed by atoms with Gasteiger partial charge in [0.1, 0.15) is 11.5 Å². The maximum atomic E-state index is 12.9. The highest BCUT2D eigenvalue weighted by molar-refractivity contribution is 9.09. The zero-order valence-electron chi connectivity index (χ0n) is 30.4. The Morgan fingerprint density at radius 3 is 2.29 bits per heavy atom. The molecule has 0 amide bonds. The summed E-state index contributed by atoms with van der Waals surface area (Å²) in [7, 11) is 0. The second kappa shape index (κ2) is 15.4. The Bertz CT molecular complexity index is 1380. The lowest BCUT2D eigenvalue weighted by atomic mass is 9.44. The van der Waals surface area contributed by atoms with Crippen molar-refractivity contribution in [2.75, 3.05) is 11.9 Å². The number of ketones is 1. The van der Waals surface area contributed by atoms with Crippen molar-refractivity contribution in [3.05, 3.63) is 65.7 Å². The van der Waals surface area contributed by atoms with Crippen molar-refractivity contribution in [1.82, 2.24) is 0 Å². The molecule has 4 aliphatic rings. The van der Waals surface area contributed by atoms with Gasteiger partial charge >= 0.3 is 0 Å². The summed E-state index contributed by atoms with van der Waals surface area (Å²) in [5.41, 5.74) is 2.70. The average molecular weight is 718 g/mol. The zero-order chi connectivity index (χ0) is 33.9. The van der Waals surface area contributed by atoms with Gasteiger partial charge in [0.2, 0.25) is 0 Å². The van der Waals surface area contributed by atoms with Gasteiger partial charge in [0, 0.05) is 10.9 Å². The largest absolute Gasteiger partial charge is 0.493 e. The number of fused-ring (bicyclic) bond motifs is 5. The SMILES string of the molecule is CC(C)CCC[C@@H](C)[C@H]1CC[C@H]2[C@@H]3CCC4CC(Oc5ccc(C(=O)C=Cc6ccc(OCCBr)cc6)cc5)CC[C@]4(C)[C@H]3CC[C@]12C. The smallest absolute Gasteiger partial charge is 0.185 e. The molecular formula is C44H61BrO3. The highest BCUT2D eigenvalue weighted by atomic mass is 79.9. The number of allylic oxidation sites excluding steroid dienone is 1. The maximum absolute atomic E-state index is 12.9. The molecule has 0 N–H and O–H groups in total. The highest BCUT2D eigenvalue weighted by Gasteiger charge is 2.60. The Hall–Kier alpha value is -2.07. The number of ether oxygens (including phenoxy) is 2. The standard InChI is InChI=1S/C44H61BrO3/c1-30(2)7-6-8-31(3)39-20-21-40-38-19-14-34-29-37(23-25-43(34,4)41(38)24-26-44(39,40)5)48-36-17-12-33(13-18-36)42(46)22-11-32-9-15-35(16-10-32)47-28-27-45/h9-13,15-18,22,30-31,34,37-41H,6-8,14,19-21,23-29H2,1-5H3/t31-,34?,37?,38+,39-,40+,41+,43+,44-/m1/s1. The van der Waals surface area contributed by atoms with Crippen LogP contribution in [0, 0.1) is 52.3 Å². The van der Waals surface area contributed by atoms with Gasteiger partial charge in [0.15, 0.2) is 5.78 Å². The van der Waals surface area contributed by atoms with Gasteiger partial charge in [-0.2, -0.15) is 0 Å². The van der Waals surface area contributed by atoms with E-state index in [4.69, 9.17) is 9.47 Å². The Morgan fingerprint density at radius 2 is 1.56 bits per heavy atom. The predicted octanol–water partition coefficient (Wildman–Crippen LogP) is 12.2. The van der Waals surface area contributed by atoms with Crippen LogP contribution in [0.5, 0.6) is 11.5 Å². The Balaban J connectivity index is 1.01. The monoisotopic (exact) mass is 716 g/mol. The Kier molecular flexibility index (Phi) is 11.5. The fraction of sp³-hybridized carbons (Fsp3) is 0.659. The molecule has 6 rings (SSSR count). The summed E-state index contributed by atoms with van der Waals surface area (Å²) in [6, 6.07) is 15.6. The Morgan fingerprint density at radius 1 is 0.854 bits per heavy atom. The van der Waals surface area contributed by atoms with Crippen LogP contribution < -0.4 is 9.47 Å². The van der Waals surface area contributed by atoms with Gasteiger partial charge in [-0.1, -0.05) is 88.0 Å². The number of carbonyl (C=O) groups excluding carboxylic acids is 1. The van der Waals surface area contributed by atoms with Gasteiger partial charge in [-0.15, -0.1) is 0 Å². The van der Waals surface area contributed by atoms with Gasteiger partial charge < -0.3 is 9.47 Å². The molecule has 2 aromatic rings. The van der Waals surface area contributed by atoms with Crippen LogP contribution in [0.2, 0.25) is 0 Å². The fourth-order valence-corrected chi connectivity index (χ4v) is 11.5. The van der Waals surface area contributed by atoms with E-state index in [-0.39, 0.29) is 11.9 Å². The van der Waals surface area contributed by atoms with Crippen LogP contribution in [-0.4, -0.2) is 23.8 Å². The van der Waals surface area contributed by atoms with Crippen molar-refractivity contribution >= 4 is 27.8 Å². The number of carbonyl (C=O) groups is 1. The molecule has 48 heavy (non-hydrogen) atoms. The summed E-state index contributed by atoms with van der Waals surface area (Å²) in [5, 5.41) is 0.799. The number of rotatable bonds is 13. The van der Waals surface area contributed by atoms with Gasteiger partial charge in [-0.3, -0.25) is 4.79 Å². The molecule has 9 atom stereocenters. The van der Waals surface area contributed by atoms with Crippen LogP contribution in [0.4, 0.5) is 0 Å². The molecular weight excluding hydrogens is 656 g/mol. The molecule has 4 fully saturated rings. The first kappa shape index (κ1) is 35.7. The third-order valence-electron chi connectivity index (χ3n) is 13.9. The fourth-order valence-electron chi connectivity index (χ4n) is 11.3. The number of benzene rings is 2. The molecule has 3 nitrogen and oxygen atoms in total. The maximum Gasteiger partial charge on any atom is 0.185 e. The zero-order valence-corrected chi connectivity index (χ0v) is 32.0. The molecule has 2 unspecified atom stereocenters. The van der Waals surface area contributed by atoms with E-state index in [0.717, 1.165) is 70.2 Å². The first-order chi connectivity index (χ1) is 23.1. The van der Waals surface area contributed by atoms with Crippen molar-refractivity contribution in [2.24, 2.45) is 52.3 Å². The van der Waals surface area contributed by atoms with Crippen molar-refractivity contribution < 1.29 is 14.3 Å². The van der Waals surface area contributed by atoms with Gasteiger partial charge in [-0.25, -0.2) is 0 Å². The predicted molar refractivity (Wildman–Crippen MR) is 203 cm³/mol. The molecule has 0 aliphatic heterocycles. The summed E-state index contributed by atoms with van der Waals surface area (Å²) < 4.78 is 12.2. The van der Waals surface area contributed by atoms with Gasteiger partial charge in [0.05, 0.1) is 12.7 Å². The van der Waals surface area contributed by atoms with E-state index in [0.29, 0.717) is 23.0 Å².